The van der Waals surface area contributed by atoms with Crippen LogP contribution in [0.2, 0.25) is 0 Å². The monoisotopic (exact) mass is 383 g/mol. The highest BCUT2D eigenvalue weighted by Gasteiger charge is 2.29. The van der Waals surface area contributed by atoms with Gasteiger partial charge in [-0.15, -0.1) is 0 Å². The van der Waals surface area contributed by atoms with Crippen molar-refractivity contribution in [2.45, 2.75) is 38.1 Å². The van der Waals surface area contributed by atoms with E-state index >= 15 is 0 Å². The van der Waals surface area contributed by atoms with Crippen LogP contribution in [0.3, 0.4) is 0 Å². The fourth-order valence-electron chi connectivity index (χ4n) is 3.62. The molecule has 1 aliphatic heterocycles. The highest BCUT2D eigenvalue weighted by molar-refractivity contribution is 9.10. The zero-order valence-corrected chi connectivity index (χ0v) is 14.7. The summed E-state index contributed by atoms with van der Waals surface area (Å²) >= 11 is 3.20. The Kier molecular flexibility index (Phi) is 5.54. The molecule has 1 heterocycles. The Morgan fingerprint density at radius 2 is 2.09 bits per heavy atom. The molecule has 1 aliphatic carbocycles. The first-order valence-corrected chi connectivity index (χ1v) is 9.15. The zero-order chi connectivity index (χ0) is 16.2. The number of hydrogen-bond acceptors (Lipinski definition) is 2. The third kappa shape index (κ3) is 4.44. The van der Waals surface area contributed by atoms with E-state index in [-0.39, 0.29) is 11.7 Å². The Hall–Kier alpha value is -1.14. The van der Waals surface area contributed by atoms with Crippen molar-refractivity contribution in [2.24, 2.45) is 5.92 Å². The molecule has 2 aliphatic rings. The van der Waals surface area contributed by atoms with Crippen LogP contribution in [0.5, 0.6) is 0 Å². The van der Waals surface area contributed by atoms with Crippen LogP contribution in [-0.4, -0.2) is 36.6 Å². The Morgan fingerprint density at radius 3 is 2.83 bits per heavy atom. The molecule has 1 atom stereocenters. The second-order valence-electron chi connectivity index (χ2n) is 6.55. The van der Waals surface area contributed by atoms with Gasteiger partial charge in [-0.2, -0.15) is 0 Å². The summed E-state index contributed by atoms with van der Waals surface area (Å²) in [6.07, 6.45) is 6.48. The standard InChI is InChI=1S/C17H23BrFN3O/c18-13-5-6-16(15(19)9-13)21-17(23)20-10-12-7-8-22(11-12)14-3-1-2-4-14/h5-6,9,12,14H,1-4,7-8,10-11H2,(H2,20,21,23). The molecule has 1 unspecified atom stereocenters. The topological polar surface area (TPSA) is 44.4 Å². The average molecular weight is 384 g/mol. The third-order valence-electron chi connectivity index (χ3n) is 4.89. The molecule has 2 fully saturated rings. The molecular weight excluding hydrogens is 361 g/mol. The molecule has 4 nitrogen and oxygen atoms in total. The predicted molar refractivity (Wildman–Crippen MR) is 93.1 cm³/mol. The SMILES string of the molecule is O=C(NCC1CCN(C2CCCC2)C1)Nc1ccc(Br)cc1F. The van der Waals surface area contributed by atoms with Crippen molar-refractivity contribution in [1.29, 1.82) is 0 Å². The summed E-state index contributed by atoms with van der Waals surface area (Å²) in [5, 5.41) is 5.44. The maximum Gasteiger partial charge on any atom is 0.319 e. The lowest BCUT2D eigenvalue weighted by Crippen LogP contribution is -2.36. The minimum atomic E-state index is -0.442. The van der Waals surface area contributed by atoms with Gasteiger partial charge in [0.1, 0.15) is 5.82 Å². The molecule has 1 saturated carbocycles. The lowest BCUT2D eigenvalue weighted by Gasteiger charge is -2.23. The molecule has 3 rings (SSSR count). The molecule has 1 aromatic rings. The fourth-order valence-corrected chi connectivity index (χ4v) is 3.96. The van der Waals surface area contributed by atoms with Crippen LogP contribution in [0, 0.1) is 11.7 Å². The van der Waals surface area contributed by atoms with E-state index in [4.69, 9.17) is 0 Å². The van der Waals surface area contributed by atoms with E-state index in [1.165, 1.54) is 31.7 Å². The summed E-state index contributed by atoms with van der Waals surface area (Å²) in [7, 11) is 0. The van der Waals surface area contributed by atoms with E-state index in [2.05, 4.69) is 31.5 Å². The summed E-state index contributed by atoms with van der Waals surface area (Å²) in [5.41, 5.74) is 0.199. The van der Waals surface area contributed by atoms with Gasteiger partial charge in [-0.05, 0) is 49.9 Å². The molecular formula is C17H23BrFN3O. The van der Waals surface area contributed by atoms with Crippen LogP contribution in [-0.2, 0) is 0 Å². The Balaban J connectivity index is 1.42. The number of urea groups is 1. The van der Waals surface area contributed by atoms with Crippen LogP contribution < -0.4 is 10.6 Å². The minimum Gasteiger partial charge on any atom is -0.338 e. The van der Waals surface area contributed by atoms with Crippen molar-refractivity contribution in [3.05, 3.63) is 28.5 Å². The minimum absolute atomic E-state index is 0.199. The highest BCUT2D eigenvalue weighted by atomic mass is 79.9. The number of hydrogen-bond donors (Lipinski definition) is 2. The molecule has 1 saturated heterocycles. The van der Waals surface area contributed by atoms with Gasteiger partial charge < -0.3 is 15.5 Å². The quantitative estimate of drug-likeness (QED) is 0.825. The number of nitrogens with one attached hydrogen (secondary N) is 2. The number of carbonyl (C=O) groups excluding carboxylic acids is 1. The predicted octanol–water partition coefficient (Wildman–Crippen LogP) is 3.97. The summed E-state index contributed by atoms with van der Waals surface area (Å²) in [5.74, 6) is 0.0546. The van der Waals surface area contributed by atoms with E-state index in [1.54, 1.807) is 12.1 Å². The Morgan fingerprint density at radius 1 is 1.30 bits per heavy atom. The van der Waals surface area contributed by atoms with Gasteiger partial charge in [-0.25, -0.2) is 9.18 Å². The van der Waals surface area contributed by atoms with Crippen LogP contribution in [0.15, 0.2) is 22.7 Å². The largest absolute Gasteiger partial charge is 0.338 e. The van der Waals surface area contributed by atoms with Crippen molar-refractivity contribution >= 4 is 27.6 Å². The van der Waals surface area contributed by atoms with Crippen molar-refractivity contribution in [1.82, 2.24) is 10.2 Å². The second kappa shape index (κ2) is 7.62. The van der Waals surface area contributed by atoms with E-state index in [0.717, 1.165) is 25.6 Å². The first kappa shape index (κ1) is 16.7. The first-order chi connectivity index (χ1) is 11.1. The van der Waals surface area contributed by atoms with Crippen molar-refractivity contribution in [3.63, 3.8) is 0 Å². The summed E-state index contributed by atoms with van der Waals surface area (Å²) < 4.78 is 14.3. The summed E-state index contributed by atoms with van der Waals surface area (Å²) in [6.45, 7) is 2.85. The number of carbonyl (C=O) groups is 1. The van der Waals surface area contributed by atoms with Gasteiger partial charge in [-0.1, -0.05) is 28.8 Å². The lowest BCUT2D eigenvalue weighted by atomic mass is 10.1. The van der Waals surface area contributed by atoms with E-state index in [0.29, 0.717) is 16.9 Å². The number of anilines is 1. The molecule has 1 aromatic carbocycles. The van der Waals surface area contributed by atoms with Crippen molar-refractivity contribution in [3.8, 4) is 0 Å². The van der Waals surface area contributed by atoms with Gasteiger partial charge in [0.05, 0.1) is 5.69 Å². The maximum atomic E-state index is 13.7. The second-order valence-corrected chi connectivity index (χ2v) is 7.46. The van der Waals surface area contributed by atoms with Crippen LogP contribution in [0.1, 0.15) is 32.1 Å². The van der Waals surface area contributed by atoms with Crippen LogP contribution in [0.4, 0.5) is 14.9 Å². The van der Waals surface area contributed by atoms with Crippen LogP contribution in [0.25, 0.3) is 0 Å². The van der Waals surface area contributed by atoms with Crippen molar-refractivity contribution < 1.29 is 9.18 Å². The summed E-state index contributed by atoms with van der Waals surface area (Å²) in [4.78, 5) is 14.5. The van der Waals surface area contributed by atoms with Crippen LogP contribution >= 0.6 is 15.9 Å². The number of likely N-dealkylation sites (tertiary alicyclic amines) is 1. The zero-order valence-electron chi connectivity index (χ0n) is 13.2. The van der Waals surface area contributed by atoms with E-state index in [1.807, 2.05) is 0 Å². The third-order valence-corrected chi connectivity index (χ3v) is 5.38. The number of halogens is 2. The van der Waals surface area contributed by atoms with Gasteiger partial charge in [0.2, 0.25) is 0 Å². The fraction of sp³-hybridized carbons (Fsp3) is 0.588. The normalized spacial score (nSPS) is 22.4. The molecule has 126 valence electrons. The highest BCUT2D eigenvalue weighted by Crippen LogP contribution is 2.28. The average Bonchev–Trinajstić information content (AvgIpc) is 3.18. The first-order valence-electron chi connectivity index (χ1n) is 8.36. The number of rotatable bonds is 4. The molecule has 0 aromatic heterocycles. The van der Waals surface area contributed by atoms with E-state index in [9.17, 15) is 9.18 Å². The molecule has 2 amide bonds. The molecule has 0 radical (unpaired) electrons. The smallest absolute Gasteiger partial charge is 0.319 e. The molecule has 6 heteroatoms. The Labute approximate surface area is 144 Å². The lowest BCUT2D eigenvalue weighted by molar-refractivity contribution is 0.234. The Bertz CT molecular complexity index is 563. The number of amides is 2. The maximum absolute atomic E-state index is 13.7. The molecule has 2 N–H and O–H groups in total. The number of nitrogens with zero attached hydrogens (tertiary/aromatic N) is 1. The van der Waals surface area contributed by atoms with E-state index < -0.39 is 5.82 Å². The molecule has 23 heavy (non-hydrogen) atoms. The van der Waals surface area contributed by atoms with Gasteiger partial charge in [-0.3, -0.25) is 0 Å². The summed E-state index contributed by atoms with van der Waals surface area (Å²) in [6, 6.07) is 5.01. The van der Waals surface area contributed by atoms with Crippen molar-refractivity contribution in [2.75, 3.05) is 25.0 Å². The van der Waals surface area contributed by atoms with Gasteiger partial charge in [0.15, 0.2) is 0 Å². The van der Waals surface area contributed by atoms with Gasteiger partial charge >= 0.3 is 6.03 Å². The molecule has 0 spiro atoms. The van der Waals surface area contributed by atoms with Gasteiger partial charge in [0, 0.05) is 23.6 Å². The number of benzene rings is 1. The van der Waals surface area contributed by atoms with Gasteiger partial charge in [0.25, 0.3) is 0 Å². The molecule has 0 bridgehead atoms.